The van der Waals surface area contributed by atoms with Crippen LogP contribution in [-0.2, 0) is 16.1 Å². The largest absolute Gasteiger partial charge is 0.357 e. The van der Waals surface area contributed by atoms with Crippen LogP contribution >= 0.6 is 0 Å². The number of ether oxygens (including phenoxy) is 1. The van der Waals surface area contributed by atoms with Crippen molar-refractivity contribution >= 4 is 11.8 Å². The molecule has 4 unspecified atom stereocenters. The zero-order valence-electron chi connectivity index (χ0n) is 14.4. The van der Waals surface area contributed by atoms with Crippen LogP contribution in [0.2, 0.25) is 0 Å². The molecule has 0 aliphatic carbocycles. The van der Waals surface area contributed by atoms with E-state index in [9.17, 15) is 9.59 Å². The number of rotatable bonds is 3. The van der Waals surface area contributed by atoms with Crippen LogP contribution in [0.5, 0.6) is 0 Å². The van der Waals surface area contributed by atoms with E-state index in [4.69, 9.17) is 4.74 Å². The lowest BCUT2D eigenvalue weighted by atomic mass is 9.72. The van der Waals surface area contributed by atoms with Crippen molar-refractivity contribution in [2.45, 2.75) is 24.7 Å². The number of imidazole rings is 1. The summed E-state index contributed by atoms with van der Waals surface area (Å²) in [7, 11) is 0. The summed E-state index contributed by atoms with van der Waals surface area (Å²) in [4.78, 5) is 32.1. The summed E-state index contributed by atoms with van der Waals surface area (Å²) < 4.78 is 7.77. The van der Waals surface area contributed by atoms with Crippen molar-refractivity contribution in [1.29, 1.82) is 0 Å². The number of nitrogens with zero attached hydrogens (tertiary/aromatic N) is 3. The summed E-state index contributed by atoms with van der Waals surface area (Å²) in [5, 5.41) is 0. The molecule has 2 bridgehead atoms. The van der Waals surface area contributed by atoms with E-state index in [1.54, 1.807) is 12.4 Å². The fourth-order valence-corrected chi connectivity index (χ4v) is 4.71. The van der Waals surface area contributed by atoms with Gasteiger partial charge in [0.05, 0.1) is 24.0 Å². The van der Waals surface area contributed by atoms with Gasteiger partial charge in [0, 0.05) is 18.9 Å². The van der Waals surface area contributed by atoms with Gasteiger partial charge in [-0.1, -0.05) is 42.5 Å². The molecule has 0 N–H and O–H groups in total. The van der Waals surface area contributed by atoms with Gasteiger partial charge in [0.25, 0.3) is 0 Å². The minimum atomic E-state index is -0.749. The molecule has 3 aliphatic rings. The zero-order valence-corrected chi connectivity index (χ0v) is 14.4. The van der Waals surface area contributed by atoms with E-state index in [0.717, 1.165) is 5.56 Å². The summed E-state index contributed by atoms with van der Waals surface area (Å²) in [6.45, 7) is 2.90. The maximum absolute atomic E-state index is 13.2. The quantitative estimate of drug-likeness (QED) is 0.794. The Morgan fingerprint density at radius 2 is 2.12 bits per heavy atom. The fourth-order valence-electron chi connectivity index (χ4n) is 4.71. The van der Waals surface area contributed by atoms with Gasteiger partial charge in [-0.05, 0) is 12.5 Å². The number of hydrogen-bond donors (Lipinski definition) is 0. The first-order valence-electron chi connectivity index (χ1n) is 8.78. The molecule has 26 heavy (non-hydrogen) atoms. The molecule has 0 saturated carbocycles. The molecule has 1 spiro atoms. The monoisotopic (exact) mass is 349 g/mol. The molecular weight excluding hydrogens is 330 g/mol. The van der Waals surface area contributed by atoms with Gasteiger partial charge in [0.2, 0.25) is 11.8 Å². The van der Waals surface area contributed by atoms with Crippen LogP contribution in [0.25, 0.3) is 0 Å². The average Bonchev–Trinajstić information content (AvgIpc) is 3.37. The Balaban J connectivity index is 1.49. The average molecular weight is 349 g/mol. The summed E-state index contributed by atoms with van der Waals surface area (Å²) in [6, 6.07) is 9.88. The Kier molecular flexibility index (Phi) is 3.07. The van der Waals surface area contributed by atoms with Crippen molar-refractivity contribution < 1.29 is 14.3 Å². The van der Waals surface area contributed by atoms with E-state index in [1.807, 2.05) is 54.3 Å². The van der Waals surface area contributed by atoms with Gasteiger partial charge in [0.15, 0.2) is 0 Å². The van der Waals surface area contributed by atoms with E-state index in [0.29, 0.717) is 13.1 Å². The number of likely N-dealkylation sites (tertiary alicyclic amines) is 1. The second kappa shape index (κ2) is 5.14. The predicted molar refractivity (Wildman–Crippen MR) is 93.1 cm³/mol. The zero-order chi connectivity index (χ0) is 17.9. The SMILES string of the molecule is CC12C=CC3(CN(Cc4ccccc4)C(=O)C3C1C(=O)n1ccnc1)O2. The molecule has 6 nitrogen and oxygen atoms in total. The van der Waals surface area contributed by atoms with Crippen LogP contribution in [-0.4, -0.2) is 44.0 Å². The Hall–Kier alpha value is -2.73. The number of hydrogen-bond acceptors (Lipinski definition) is 4. The number of carbonyl (C=O) groups is 2. The smallest absolute Gasteiger partial charge is 0.239 e. The maximum Gasteiger partial charge on any atom is 0.239 e. The Morgan fingerprint density at radius 1 is 1.31 bits per heavy atom. The summed E-state index contributed by atoms with van der Waals surface area (Å²) in [5.41, 5.74) is -0.387. The van der Waals surface area contributed by atoms with Crippen molar-refractivity contribution in [3.63, 3.8) is 0 Å². The molecule has 1 aromatic heterocycles. The molecule has 2 fully saturated rings. The summed E-state index contributed by atoms with van der Waals surface area (Å²) in [6.07, 6.45) is 8.60. The Morgan fingerprint density at radius 3 is 2.85 bits per heavy atom. The first-order chi connectivity index (χ1) is 12.5. The van der Waals surface area contributed by atoms with Crippen LogP contribution in [0.4, 0.5) is 0 Å². The summed E-state index contributed by atoms with van der Waals surface area (Å²) >= 11 is 0. The van der Waals surface area contributed by atoms with E-state index in [1.165, 1.54) is 10.9 Å². The van der Waals surface area contributed by atoms with Crippen LogP contribution in [0.15, 0.2) is 61.2 Å². The highest BCUT2D eigenvalue weighted by Crippen LogP contribution is 2.57. The minimum absolute atomic E-state index is 0.0135. The Bertz CT molecular complexity index is 908. The lowest BCUT2D eigenvalue weighted by molar-refractivity contribution is -0.132. The van der Waals surface area contributed by atoms with Crippen molar-refractivity contribution in [3.8, 4) is 0 Å². The van der Waals surface area contributed by atoms with E-state index < -0.39 is 23.0 Å². The number of fused-ring (bicyclic) bond motifs is 1. The number of carbonyl (C=O) groups excluding carboxylic acids is 2. The van der Waals surface area contributed by atoms with Crippen LogP contribution in [0.1, 0.15) is 17.3 Å². The molecule has 0 radical (unpaired) electrons. The van der Waals surface area contributed by atoms with Crippen LogP contribution in [0.3, 0.4) is 0 Å². The van der Waals surface area contributed by atoms with Crippen LogP contribution in [0, 0.1) is 11.8 Å². The third kappa shape index (κ3) is 1.99. The molecule has 2 aromatic rings. The molecule has 132 valence electrons. The molecule has 5 rings (SSSR count). The highest BCUT2D eigenvalue weighted by Gasteiger charge is 2.71. The van der Waals surface area contributed by atoms with Gasteiger partial charge >= 0.3 is 0 Å². The first kappa shape index (κ1) is 15.5. The van der Waals surface area contributed by atoms with Gasteiger partial charge in [-0.3, -0.25) is 14.2 Å². The maximum atomic E-state index is 13.2. The third-order valence-corrected chi connectivity index (χ3v) is 5.84. The molecule has 4 atom stereocenters. The highest BCUT2D eigenvalue weighted by atomic mass is 16.5. The van der Waals surface area contributed by atoms with Crippen molar-refractivity contribution in [3.05, 3.63) is 66.8 Å². The molecule has 1 amide bonds. The van der Waals surface area contributed by atoms with Crippen molar-refractivity contribution in [2.24, 2.45) is 11.8 Å². The molecule has 3 aliphatic heterocycles. The predicted octanol–water partition coefficient (Wildman–Crippen LogP) is 1.90. The number of aromatic nitrogens is 2. The van der Waals surface area contributed by atoms with Crippen molar-refractivity contribution in [2.75, 3.05) is 6.54 Å². The van der Waals surface area contributed by atoms with Gasteiger partial charge in [-0.15, -0.1) is 0 Å². The lowest BCUT2D eigenvalue weighted by Crippen LogP contribution is -2.44. The van der Waals surface area contributed by atoms with E-state index in [2.05, 4.69) is 4.98 Å². The normalized spacial score (nSPS) is 34.5. The second-order valence-electron chi connectivity index (χ2n) is 7.52. The fraction of sp³-hybridized carbons (Fsp3) is 0.350. The number of benzene rings is 1. The minimum Gasteiger partial charge on any atom is -0.357 e. The van der Waals surface area contributed by atoms with E-state index in [-0.39, 0.29) is 11.8 Å². The molecule has 6 heteroatoms. The third-order valence-electron chi connectivity index (χ3n) is 5.84. The molecule has 2 saturated heterocycles. The summed E-state index contributed by atoms with van der Waals surface area (Å²) in [5.74, 6) is -1.19. The molecule has 4 heterocycles. The highest BCUT2D eigenvalue weighted by molar-refractivity contribution is 5.94. The topological polar surface area (TPSA) is 64.4 Å². The molecule has 1 aromatic carbocycles. The standard InChI is InChI=1S/C20H19N3O3/c1-19-7-8-20(26-19)12-23(11-14-5-3-2-4-6-14)18(25)16(20)15(19)17(24)22-10-9-21-13-22/h2-10,13,15-16H,11-12H2,1H3. The van der Waals surface area contributed by atoms with E-state index >= 15 is 0 Å². The van der Waals surface area contributed by atoms with Gasteiger partial charge < -0.3 is 9.64 Å². The Labute approximate surface area is 151 Å². The van der Waals surface area contributed by atoms with Gasteiger partial charge in [0.1, 0.15) is 11.9 Å². The number of amides is 1. The molecular formula is C20H19N3O3. The first-order valence-corrected chi connectivity index (χ1v) is 8.78. The lowest BCUT2D eigenvalue weighted by Gasteiger charge is -2.29. The van der Waals surface area contributed by atoms with Crippen molar-refractivity contribution in [1.82, 2.24) is 14.5 Å². The van der Waals surface area contributed by atoms with Crippen LogP contribution < -0.4 is 0 Å². The van der Waals surface area contributed by atoms with Gasteiger partial charge in [-0.2, -0.15) is 0 Å². The second-order valence-corrected chi connectivity index (χ2v) is 7.52. The van der Waals surface area contributed by atoms with Gasteiger partial charge in [-0.25, -0.2) is 4.98 Å².